The van der Waals surface area contributed by atoms with Crippen LogP contribution < -0.4 is 11.1 Å². The molecule has 0 unspecified atom stereocenters. The second-order valence-corrected chi connectivity index (χ2v) is 4.30. The van der Waals surface area contributed by atoms with Gasteiger partial charge in [-0.25, -0.2) is 4.39 Å². The fraction of sp³-hybridized carbons (Fsp3) is 0.0667. The average molecular weight is 269 g/mol. The second kappa shape index (κ2) is 5.41. The number of nitriles is 1. The Balaban J connectivity index is 2.29. The normalized spacial score (nSPS) is 9.85. The maximum atomic E-state index is 13.2. The summed E-state index contributed by atoms with van der Waals surface area (Å²) < 4.78 is 13.2. The van der Waals surface area contributed by atoms with Crippen molar-refractivity contribution in [2.75, 3.05) is 11.1 Å². The van der Waals surface area contributed by atoms with Crippen LogP contribution in [0.3, 0.4) is 0 Å². The molecule has 1 amide bonds. The van der Waals surface area contributed by atoms with Gasteiger partial charge in [0.25, 0.3) is 5.91 Å². The van der Waals surface area contributed by atoms with Gasteiger partial charge in [0.15, 0.2) is 0 Å². The van der Waals surface area contributed by atoms with E-state index in [1.54, 1.807) is 31.2 Å². The minimum atomic E-state index is -0.624. The third-order valence-electron chi connectivity index (χ3n) is 2.91. The highest BCUT2D eigenvalue weighted by Gasteiger charge is 2.12. The van der Waals surface area contributed by atoms with Gasteiger partial charge >= 0.3 is 0 Å². The number of amides is 1. The van der Waals surface area contributed by atoms with Gasteiger partial charge in [-0.15, -0.1) is 0 Å². The van der Waals surface area contributed by atoms with Crippen LogP contribution in [-0.2, 0) is 0 Å². The molecule has 0 spiro atoms. The van der Waals surface area contributed by atoms with Gasteiger partial charge in [-0.3, -0.25) is 4.79 Å². The molecule has 0 aromatic heterocycles. The molecule has 100 valence electrons. The molecule has 0 aliphatic carbocycles. The number of nitrogens with two attached hydrogens (primary N) is 1. The minimum Gasteiger partial charge on any atom is -0.398 e. The SMILES string of the molecule is Cc1cccc(C(=O)Nc2ccc(F)c(C#N)c2)c1N. The van der Waals surface area contributed by atoms with Crippen molar-refractivity contribution in [2.45, 2.75) is 6.92 Å². The fourth-order valence-corrected chi connectivity index (χ4v) is 1.77. The lowest BCUT2D eigenvalue weighted by Gasteiger charge is -2.09. The molecule has 0 saturated carbocycles. The van der Waals surface area contributed by atoms with Crippen LogP contribution in [0.2, 0.25) is 0 Å². The molecule has 0 bridgehead atoms. The topological polar surface area (TPSA) is 78.9 Å². The summed E-state index contributed by atoms with van der Waals surface area (Å²) in [4.78, 5) is 12.1. The monoisotopic (exact) mass is 269 g/mol. The van der Waals surface area contributed by atoms with Crippen molar-refractivity contribution in [1.29, 1.82) is 5.26 Å². The van der Waals surface area contributed by atoms with E-state index in [0.29, 0.717) is 16.9 Å². The van der Waals surface area contributed by atoms with Crippen molar-refractivity contribution in [1.82, 2.24) is 0 Å². The first-order chi connectivity index (χ1) is 9.52. The predicted molar refractivity (Wildman–Crippen MR) is 74.7 cm³/mol. The summed E-state index contributed by atoms with van der Waals surface area (Å²) in [6.45, 7) is 1.80. The van der Waals surface area contributed by atoms with Crippen LogP contribution in [-0.4, -0.2) is 5.91 Å². The van der Waals surface area contributed by atoms with Gasteiger partial charge in [-0.2, -0.15) is 5.26 Å². The van der Waals surface area contributed by atoms with Crippen LogP contribution in [0.5, 0.6) is 0 Å². The summed E-state index contributed by atoms with van der Waals surface area (Å²) in [6.07, 6.45) is 0. The van der Waals surface area contributed by atoms with Gasteiger partial charge < -0.3 is 11.1 Å². The number of nitrogens with one attached hydrogen (secondary N) is 1. The van der Waals surface area contributed by atoms with E-state index in [-0.39, 0.29) is 5.56 Å². The van der Waals surface area contributed by atoms with Crippen molar-refractivity contribution in [3.8, 4) is 6.07 Å². The molecular weight excluding hydrogens is 257 g/mol. The van der Waals surface area contributed by atoms with Crippen LogP contribution in [0.15, 0.2) is 36.4 Å². The van der Waals surface area contributed by atoms with Gasteiger partial charge in [0.1, 0.15) is 11.9 Å². The van der Waals surface area contributed by atoms with E-state index in [2.05, 4.69) is 5.32 Å². The third kappa shape index (κ3) is 2.59. The number of nitrogens with zero attached hydrogens (tertiary/aromatic N) is 1. The Morgan fingerprint density at radius 3 is 2.80 bits per heavy atom. The maximum Gasteiger partial charge on any atom is 0.257 e. The van der Waals surface area contributed by atoms with E-state index in [1.807, 2.05) is 0 Å². The van der Waals surface area contributed by atoms with E-state index in [1.165, 1.54) is 12.1 Å². The van der Waals surface area contributed by atoms with E-state index in [9.17, 15) is 9.18 Å². The average Bonchev–Trinajstić information content (AvgIpc) is 2.43. The standard InChI is InChI=1S/C15H12FN3O/c1-9-3-2-4-12(14(9)18)15(20)19-11-5-6-13(16)10(7-11)8-17/h2-7H,18H2,1H3,(H,19,20). The number of rotatable bonds is 2. The number of carbonyl (C=O) groups is 1. The maximum absolute atomic E-state index is 13.2. The first-order valence-electron chi connectivity index (χ1n) is 5.89. The molecular formula is C15H12FN3O. The molecule has 3 N–H and O–H groups in total. The zero-order valence-corrected chi connectivity index (χ0v) is 10.8. The molecule has 0 heterocycles. The fourth-order valence-electron chi connectivity index (χ4n) is 1.77. The molecule has 0 atom stereocenters. The minimum absolute atomic E-state index is 0.125. The van der Waals surface area contributed by atoms with Crippen molar-refractivity contribution in [2.24, 2.45) is 0 Å². The number of benzene rings is 2. The number of carbonyl (C=O) groups excluding carboxylic acids is 1. The first-order valence-corrected chi connectivity index (χ1v) is 5.89. The molecule has 5 heteroatoms. The van der Waals surface area contributed by atoms with Gasteiger partial charge in [0.2, 0.25) is 0 Å². The zero-order chi connectivity index (χ0) is 14.7. The summed E-state index contributed by atoms with van der Waals surface area (Å²) >= 11 is 0. The van der Waals surface area contributed by atoms with Crippen LogP contribution in [0.4, 0.5) is 15.8 Å². The smallest absolute Gasteiger partial charge is 0.257 e. The molecule has 0 aliphatic rings. The molecule has 0 radical (unpaired) electrons. The highest BCUT2D eigenvalue weighted by Crippen LogP contribution is 2.19. The molecule has 4 nitrogen and oxygen atoms in total. The largest absolute Gasteiger partial charge is 0.398 e. The Morgan fingerprint density at radius 2 is 2.10 bits per heavy atom. The Kier molecular flexibility index (Phi) is 3.67. The Hall–Kier alpha value is -2.87. The Labute approximate surface area is 115 Å². The van der Waals surface area contributed by atoms with Crippen molar-refractivity contribution in [3.63, 3.8) is 0 Å². The number of aryl methyl sites for hydroxylation is 1. The highest BCUT2D eigenvalue weighted by molar-refractivity contribution is 6.08. The lowest BCUT2D eigenvalue weighted by Crippen LogP contribution is -2.14. The Morgan fingerprint density at radius 1 is 1.35 bits per heavy atom. The zero-order valence-electron chi connectivity index (χ0n) is 10.8. The highest BCUT2D eigenvalue weighted by atomic mass is 19.1. The van der Waals surface area contributed by atoms with E-state index in [0.717, 1.165) is 11.6 Å². The number of hydrogen-bond acceptors (Lipinski definition) is 3. The summed E-state index contributed by atoms with van der Waals surface area (Å²) in [5.74, 6) is -1.03. The number of nitrogen functional groups attached to an aromatic ring is 1. The molecule has 0 saturated heterocycles. The van der Waals surface area contributed by atoms with E-state index in [4.69, 9.17) is 11.0 Å². The summed E-state index contributed by atoms with van der Waals surface area (Å²) in [7, 11) is 0. The van der Waals surface area contributed by atoms with Crippen LogP contribution >= 0.6 is 0 Å². The summed E-state index contributed by atoms with van der Waals surface area (Å²) in [5.41, 5.74) is 7.60. The van der Waals surface area contributed by atoms with Crippen LogP contribution in [0.25, 0.3) is 0 Å². The number of hydrogen-bond donors (Lipinski definition) is 2. The van der Waals surface area contributed by atoms with Crippen LogP contribution in [0, 0.1) is 24.1 Å². The molecule has 2 rings (SSSR count). The lowest BCUT2D eigenvalue weighted by molar-refractivity contribution is 0.102. The predicted octanol–water partition coefficient (Wildman–Crippen LogP) is 2.84. The molecule has 2 aromatic carbocycles. The quantitative estimate of drug-likeness (QED) is 0.823. The third-order valence-corrected chi connectivity index (χ3v) is 2.91. The lowest BCUT2D eigenvalue weighted by atomic mass is 10.1. The van der Waals surface area contributed by atoms with E-state index >= 15 is 0 Å². The number of para-hydroxylation sites is 1. The van der Waals surface area contributed by atoms with Gasteiger partial charge in [0.05, 0.1) is 11.1 Å². The van der Waals surface area contributed by atoms with E-state index < -0.39 is 11.7 Å². The molecule has 20 heavy (non-hydrogen) atoms. The molecule has 2 aromatic rings. The number of anilines is 2. The summed E-state index contributed by atoms with van der Waals surface area (Å²) in [5, 5.41) is 11.3. The number of halogens is 1. The summed E-state index contributed by atoms with van der Waals surface area (Å²) in [6, 6.07) is 10.7. The molecule has 0 aliphatic heterocycles. The van der Waals surface area contributed by atoms with Crippen LogP contribution in [0.1, 0.15) is 21.5 Å². The second-order valence-electron chi connectivity index (χ2n) is 4.30. The van der Waals surface area contributed by atoms with Crippen molar-refractivity contribution >= 4 is 17.3 Å². The Bertz CT molecular complexity index is 720. The first kappa shape index (κ1) is 13.6. The van der Waals surface area contributed by atoms with Gasteiger partial charge in [0, 0.05) is 11.4 Å². The van der Waals surface area contributed by atoms with Crippen molar-refractivity contribution in [3.05, 3.63) is 58.9 Å². The van der Waals surface area contributed by atoms with Gasteiger partial charge in [-0.05, 0) is 36.8 Å². The van der Waals surface area contributed by atoms with Gasteiger partial charge in [-0.1, -0.05) is 12.1 Å². The molecule has 0 fully saturated rings. The van der Waals surface area contributed by atoms with Crippen molar-refractivity contribution < 1.29 is 9.18 Å².